The molecule has 4 N–H and O–H groups in total. The van der Waals surface area contributed by atoms with Gasteiger partial charge in [0, 0.05) is 0 Å². The number of esters is 1. The fraction of sp³-hybridized carbons (Fsp3) is 0.769. The molecule has 0 spiro atoms. The van der Waals surface area contributed by atoms with Gasteiger partial charge in [-0.05, 0) is 27.2 Å². The molecular weight excluding hydrogens is 264 g/mol. The van der Waals surface area contributed by atoms with E-state index in [-0.39, 0.29) is 0 Å². The third-order valence-corrected chi connectivity index (χ3v) is 2.34. The standard InChI is InChI=1S/C13H24N2O5/c1-5-6-8(14)11(17)15-9(12(18)19)7-10(16)20-13(2,3)4/h8-9H,5-7,14H2,1-4H3,(H,15,17)(H,18,19)/t8-,9-/m0/s1. The molecule has 0 aromatic rings. The van der Waals surface area contributed by atoms with Crippen molar-refractivity contribution in [2.45, 2.75) is 64.6 Å². The van der Waals surface area contributed by atoms with E-state index in [1.54, 1.807) is 20.8 Å². The maximum Gasteiger partial charge on any atom is 0.326 e. The van der Waals surface area contributed by atoms with Crippen LogP contribution in [0.3, 0.4) is 0 Å². The van der Waals surface area contributed by atoms with Crippen molar-refractivity contribution in [2.24, 2.45) is 5.73 Å². The van der Waals surface area contributed by atoms with Gasteiger partial charge in [-0.15, -0.1) is 0 Å². The molecule has 0 aliphatic heterocycles. The van der Waals surface area contributed by atoms with E-state index in [2.05, 4.69) is 5.32 Å². The first-order chi connectivity index (χ1) is 9.06. The molecule has 0 aromatic carbocycles. The summed E-state index contributed by atoms with van der Waals surface area (Å²) in [6.07, 6.45) is 0.722. The molecule has 0 saturated carbocycles. The van der Waals surface area contributed by atoms with Crippen LogP contribution >= 0.6 is 0 Å². The summed E-state index contributed by atoms with van der Waals surface area (Å²) in [4.78, 5) is 34.3. The largest absolute Gasteiger partial charge is 0.480 e. The summed E-state index contributed by atoms with van der Waals surface area (Å²) in [5.74, 6) is -2.56. The number of carboxylic acids is 1. The lowest BCUT2D eigenvalue weighted by Crippen LogP contribution is -2.49. The first-order valence-corrected chi connectivity index (χ1v) is 6.57. The second kappa shape index (κ2) is 7.84. The molecule has 2 atom stereocenters. The molecule has 0 unspecified atom stereocenters. The van der Waals surface area contributed by atoms with Crippen LogP contribution in [-0.2, 0) is 19.1 Å². The molecule has 0 heterocycles. The Labute approximate surface area is 118 Å². The van der Waals surface area contributed by atoms with E-state index in [4.69, 9.17) is 15.6 Å². The maximum atomic E-state index is 11.7. The summed E-state index contributed by atoms with van der Waals surface area (Å²) in [6, 6.07) is -2.11. The lowest BCUT2D eigenvalue weighted by molar-refractivity contribution is -0.158. The van der Waals surface area contributed by atoms with E-state index in [1.165, 1.54) is 0 Å². The lowest BCUT2D eigenvalue weighted by Gasteiger charge is -2.22. The van der Waals surface area contributed by atoms with E-state index >= 15 is 0 Å². The van der Waals surface area contributed by atoms with E-state index < -0.39 is 42.0 Å². The molecule has 0 radical (unpaired) electrons. The number of carbonyl (C=O) groups excluding carboxylic acids is 2. The number of nitrogens with two attached hydrogens (primary N) is 1. The number of ether oxygens (including phenoxy) is 1. The Morgan fingerprint density at radius 2 is 1.85 bits per heavy atom. The molecule has 1 amide bonds. The molecule has 0 bridgehead atoms. The zero-order valence-corrected chi connectivity index (χ0v) is 12.4. The van der Waals surface area contributed by atoms with Crippen LogP contribution in [0.25, 0.3) is 0 Å². The van der Waals surface area contributed by atoms with Crippen LogP contribution in [0.1, 0.15) is 47.0 Å². The highest BCUT2D eigenvalue weighted by molar-refractivity contribution is 5.89. The SMILES string of the molecule is CCC[C@H](N)C(=O)N[C@@H](CC(=O)OC(C)(C)C)C(=O)O. The third-order valence-electron chi connectivity index (χ3n) is 2.34. The minimum absolute atomic E-state index is 0.433. The van der Waals surface area contributed by atoms with Crippen molar-refractivity contribution < 1.29 is 24.2 Å². The smallest absolute Gasteiger partial charge is 0.326 e. The number of rotatable bonds is 7. The normalized spacial score (nSPS) is 14.2. The Kier molecular flexibility index (Phi) is 7.20. The van der Waals surface area contributed by atoms with E-state index in [0.29, 0.717) is 12.8 Å². The summed E-state index contributed by atoms with van der Waals surface area (Å²) < 4.78 is 5.02. The minimum atomic E-state index is -1.33. The Hall–Kier alpha value is -1.63. The van der Waals surface area contributed by atoms with Gasteiger partial charge in [-0.25, -0.2) is 4.79 Å². The lowest BCUT2D eigenvalue weighted by atomic mass is 10.1. The number of hydrogen-bond donors (Lipinski definition) is 3. The maximum absolute atomic E-state index is 11.7. The van der Waals surface area contributed by atoms with Gasteiger partial charge in [-0.1, -0.05) is 13.3 Å². The van der Waals surface area contributed by atoms with Gasteiger partial charge >= 0.3 is 11.9 Å². The minimum Gasteiger partial charge on any atom is -0.480 e. The second-order valence-electron chi connectivity index (χ2n) is 5.59. The van der Waals surface area contributed by atoms with Gasteiger partial charge < -0.3 is 20.9 Å². The van der Waals surface area contributed by atoms with Crippen molar-refractivity contribution in [3.63, 3.8) is 0 Å². The predicted octanol–water partition coefficient (Wildman–Crippen LogP) is 0.415. The summed E-state index contributed by atoms with van der Waals surface area (Å²) >= 11 is 0. The fourth-order valence-electron chi connectivity index (χ4n) is 1.47. The zero-order valence-electron chi connectivity index (χ0n) is 12.4. The number of nitrogens with one attached hydrogen (secondary N) is 1. The van der Waals surface area contributed by atoms with E-state index in [0.717, 1.165) is 0 Å². The van der Waals surface area contributed by atoms with Crippen LogP contribution in [0.2, 0.25) is 0 Å². The predicted molar refractivity (Wildman–Crippen MR) is 72.9 cm³/mol. The van der Waals surface area contributed by atoms with Crippen LogP contribution in [0.4, 0.5) is 0 Å². The average Bonchev–Trinajstić information content (AvgIpc) is 2.25. The van der Waals surface area contributed by atoms with E-state index in [1.807, 2.05) is 6.92 Å². The summed E-state index contributed by atoms with van der Waals surface area (Å²) in [5.41, 5.74) is 4.88. The first-order valence-electron chi connectivity index (χ1n) is 6.57. The number of aliphatic carboxylic acids is 1. The molecule has 0 aromatic heterocycles. The zero-order chi connectivity index (χ0) is 15.9. The van der Waals surface area contributed by atoms with Crippen LogP contribution in [0.15, 0.2) is 0 Å². The van der Waals surface area contributed by atoms with Crippen molar-refractivity contribution in [2.75, 3.05) is 0 Å². The summed E-state index contributed by atoms with van der Waals surface area (Å²) in [5, 5.41) is 11.3. The monoisotopic (exact) mass is 288 g/mol. The van der Waals surface area contributed by atoms with Crippen molar-refractivity contribution in [1.82, 2.24) is 5.32 Å². The number of carboxylic acid groups (broad SMARTS) is 1. The van der Waals surface area contributed by atoms with Crippen molar-refractivity contribution in [3.05, 3.63) is 0 Å². The van der Waals surface area contributed by atoms with Crippen LogP contribution < -0.4 is 11.1 Å². The summed E-state index contributed by atoms with van der Waals surface area (Å²) in [6.45, 7) is 6.89. The molecule has 116 valence electrons. The van der Waals surface area contributed by atoms with Gasteiger partial charge in [0.25, 0.3) is 0 Å². The van der Waals surface area contributed by atoms with E-state index in [9.17, 15) is 14.4 Å². The molecule has 7 heteroatoms. The van der Waals surface area contributed by atoms with Crippen molar-refractivity contribution >= 4 is 17.8 Å². The summed E-state index contributed by atoms with van der Waals surface area (Å²) in [7, 11) is 0. The quantitative estimate of drug-likeness (QED) is 0.584. The number of hydrogen-bond acceptors (Lipinski definition) is 5. The number of carbonyl (C=O) groups is 3. The molecule has 0 fully saturated rings. The van der Waals surface area contributed by atoms with Crippen molar-refractivity contribution in [3.8, 4) is 0 Å². The molecule has 0 saturated heterocycles. The highest BCUT2D eigenvalue weighted by Gasteiger charge is 2.27. The average molecular weight is 288 g/mol. The highest BCUT2D eigenvalue weighted by Crippen LogP contribution is 2.09. The topological polar surface area (TPSA) is 119 Å². The van der Waals surface area contributed by atoms with Gasteiger partial charge in [0.05, 0.1) is 12.5 Å². The molecule has 0 aliphatic rings. The van der Waals surface area contributed by atoms with Crippen LogP contribution in [0, 0.1) is 0 Å². The van der Waals surface area contributed by atoms with Crippen LogP contribution in [-0.4, -0.2) is 40.6 Å². The molecular formula is C13H24N2O5. The van der Waals surface area contributed by atoms with Gasteiger partial charge in [-0.2, -0.15) is 0 Å². The van der Waals surface area contributed by atoms with Gasteiger partial charge in [0.1, 0.15) is 11.6 Å². The molecule has 7 nitrogen and oxygen atoms in total. The number of amides is 1. The molecule has 0 rings (SSSR count). The van der Waals surface area contributed by atoms with Gasteiger partial charge in [0.2, 0.25) is 5.91 Å². The Morgan fingerprint density at radius 3 is 2.25 bits per heavy atom. The fourth-order valence-corrected chi connectivity index (χ4v) is 1.47. The third kappa shape index (κ3) is 7.73. The second-order valence-corrected chi connectivity index (χ2v) is 5.59. The van der Waals surface area contributed by atoms with Crippen LogP contribution in [0.5, 0.6) is 0 Å². The Bertz CT molecular complexity index is 362. The molecule has 20 heavy (non-hydrogen) atoms. The Balaban J connectivity index is 4.56. The van der Waals surface area contributed by atoms with Crippen molar-refractivity contribution in [1.29, 1.82) is 0 Å². The van der Waals surface area contributed by atoms with Gasteiger partial charge in [-0.3, -0.25) is 9.59 Å². The van der Waals surface area contributed by atoms with Gasteiger partial charge in [0.15, 0.2) is 0 Å². The highest BCUT2D eigenvalue weighted by atomic mass is 16.6. The molecule has 0 aliphatic carbocycles. The Morgan fingerprint density at radius 1 is 1.30 bits per heavy atom. The first kappa shape index (κ1) is 18.4.